The van der Waals surface area contributed by atoms with Crippen molar-refractivity contribution in [3.8, 4) is 0 Å². The van der Waals surface area contributed by atoms with Gasteiger partial charge in [0.2, 0.25) is 0 Å². The molecule has 0 N–H and O–H groups in total. The lowest BCUT2D eigenvalue weighted by molar-refractivity contribution is 0.0717. The first-order chi connectivity index (χ1) is 5.71. The van der Waals surface area contributed by atoms with Crippen LogP contribution in [-0.2, 0) is 14.9 Å². The SMILES string of the molecule is O=S(=O)(N1CCOCC1)N1CC1. The van der Waals surface area contributed by atoms with Crippen molar-refractivity contribution in [1.29, 1.82) is 0 Å². The van der Waals surface area contributed by atoms with E-state index in [0.717, 1.165) is 0 Å². The summed E-state index contributed by atoms with van der Waals surface area (Å²) in [5.41, 5.74) is 0. The third-order valence-electron chi connectivity index (χ3n) is 2.03. The van der Waals surface area contributed by atoms with E-state index in [1.54, 1.807) is 0 Å². The second-order valence-electron chi connectivity index (χ2n) is 2.92. The maximum Gasteiger partial charge on any atom is 0.282 e. The van der Waals surface area contributed by atoms with Gasteiger partial charge in [0.15, 0.2) is 0 Å². The van der Waals surface area contributed by atoms with Gasteiger partial charge >= 0.3 is 0 Å². The maximum atomic E-state index is 11.5. The van der Waals surface area contributed by atoms with Gasteiger partial charge in [-0.3, -0.25) is 0 Å². The molecule has 0 radical (unpaired) electrons. The molecule has 2 heterocycles. The molecular formula is C6H12N2O3S. The Hall–Kier alpha value is -0.170. The average molecular weight is 192 g/mol. The van der Waals surface area contributed by atoms with Crippen molar-refractivity contribution in [2.45, 2.75) is 0 Å². The zero-order valence-corrected chi connectivity index (χ0v) is 7.59. The smallest absolute Gasteiger partial charge is 0.282 e. The molecular weight excluding hydrogens is 180 g/mol. The highest BCUT2D eigenvalue weighted by atomic mass is 32.2. The summed E-state index contributed by atoms with van der Waals surface area (Å²) >= 11 is 0. The highest BCUT2D eigenvalue weighted by Gasteiger charge is 2.37. The highest BCUT2D eigenvalue weighted by molar-refractivity contribution is 7.87. The Morgan fingerprint density at radius 2 is 1.42 bits per heavy atom. The van der Waals surface area contributed by atoms with Crippen LogP contribution in [0.4, 0.5) is 0 Å². The highest BCUT2D eigenvalue weighted by Crippen LogP contribution is 2.17. The molecule has 2 rings (SSSR count). The summed E-state index contributed by atoms with van der Waals surface area (Å²) in [5, 5.41) is 0. The Balaban J connectivity index is 2.05. The van der Waals surface area contributed by atoms with E-state index < -0.39 is 10.2 Å². The third kappa shape index (κ3) is 1.47. The molecule has 0 aliphatic carbocycles. The molecule has 0 bridgehead atoms. The Bertz CT molecular complexity index is 254. The van der Waals surface area contributed by atoms with Crippen LogP contribution in [0.3, 0.4) is 0 Å². The van der Waals surface area contributed by atoms with Gasteiger partial charge in [-0.25, -0.2) is 0 Å². The van der Waals surface area contributed by atoms with Gasteiger partial charge in [-0.05, 0) is 0 Å². The third-order valence-corrected chi connectivity index (χ3v) is 4.06. The lowest BCUT2D eigenvalue weighted by Crippen LogP contribution is -2.43. The molecule has 2 fully saturated rings. The minimum absolute atomic E-state index is 0.499. The predicted octanol–water partition coefficient (Wildman–Crippen LogP) is -1.12. The molecule has 5 nitrogen and oxygen atoms in total. The normalized spacial score (nSPS) is 27.3. The van der Waals surface area contributed by atoms with Crippen molar-refractivity contribution in [3.63, 3.8) is 0 Å². The van der Waals surface area contributed by atoms with E-state index in [1.165, 1.54) is 8.61 Å². The van der Waals surface area contributed by atoms with Crippen LogP contribution in [0.1, 0.15) is 0 Å². The Morgan fingerprint density at radius 3 is 1.92 bits per heavy atom. The van der Waals surface area contributed by atoms with E-state index in [4.69, 9.17) is 4.74 Å². The molecule has 6 heteroatoms. The summed E-state index contributed by atoms with van der Waals surface area (Å²) < 4.78 is 31.1. The summed E-state index contributed by atoms with van der Waals surface area (Å²) in [6.45, 7) is 3.40. The molecule has 0 aromatic rings. The first kappa shape index (κ1) is 8.43. The number of rotatable bonds is 2. The summed E-state index contributed by atoms with van der Waals surface area (Å²) in [6.07, 6.45) is 0. The fourth-order valence-corrected chi connectivity index (χ4v) is 2.69. The van der Waals surface area contributed by atoms with Gasteiger partial charge in [-0.1, -0.05) is 0 Å². The first-order valence-electron chi connectivity index (χ1n) is 4.04. The molecule has 0 saturated carbocycles. The molecule has 12 heavy (non-hydrogen) atoms. The van der Waals surface area contributed by atoms with Crippen LogP contribution in [0.15, 0.2) is 0 Å². The molecule has 2 saturated heterocycles. The van der Waals surface area contributed by atoms with Gasteiger partial charge in [-0.15, -0.1) is 0 Å². The number of hydrogen-bond acceptors (Lipinski definition) is 3. The van der Waals surface area contributed by atoms with Crippen LogP contribution in [0.5, 0.6) is 0 Å². The maximum absolute atomic E-state index is 11.5. The molecule has 0 atom stereocenters. The quantitative estimate of drug-likeness (QED) is 0.521. The summed E-state index contributed by atoms with van der Waals surface area (Å²) in [7, 11) is -3.10. The van der Waals surface area contributed by atoms with Crippen molar-refractivity contribution >= 4 is 10.2 Å². The lowest BCUT2D eigenvalue weighted by Gasteiger charge is -2.25. The standard InChI is InChI=1S/C6H12N2O3S/c9-12(10,7-1-2-7)8-3-5-11-6-4-8/h1-6H2. The van der Waals surface area contributed by atoms with E-state index in [0.29, 0.717) is 39.4 Å². The second kappa shape index (κ2) is 2.95. The Kier molecular flexibility index (Phi) is 2.07. The molecule has 2 aliphatic heterocycles. The topological polar surface area (TPSA) is 49.6 Å². The zero-order valence-electron chi connectivity index (χ0n) is 6.77. The Labute approximate surface area is 72.1 Å². The summed E-state index contributed by atoms with van der Waals surface area (Å²) in [5.74, 6) is 0. The molecule has 0 unspecified atom stereocenters. The summed E-state index contributed by atoms with van der Waals surface area (Å²) in [6, 6.07) is 0. The molecule has 0 amide bonds. The van der Waals surface area contributed by atoms with Crippen molar-refractivity contribution < 1.29 is 13.2 Å². The van der Waals surface area contributed by atoms with Gasteiger partial charge < -0.3 is 4.74 Å². The first-order valence-corrected chi connectivity index (χ1v) is 5.44. The predicted molar refractivity (Wildman–Crippen MR) is 42.9 cm³/mol. The van der Waals surface area contributed by atoms with Crippen LogP contribution in [0.2, 0.25) is 0 Å². The van der Waals surface area contributed by atoms with Crippen molar-refractivity contribution in [2.24, 2.45) is 0 Å². The van der Waals surface area contributed by atoms with E-state index in [2.05, 4.69) is 0 Å². The molecule has 0 aromatic heterocycles. The Morgan fingerprint density at radius 1 is 0.917 bits per heavy atom. The van der Waals surface area contributed by atoms with Crippen LogP contribution < -0.4 is 0 Å². The fourth-order valence-electron chi connectivity index (χ4n) is 1.21. The monoisotopic (exact) mass is 192 g/mol. The molecule has 70 valence electrons. The van der Waals surface area contributed by atoms with Crippen LogP contribution in [-0.4, -0.2) is 56.4 Å². The number of ether oxygens (including phenoxy) is 1. The van der Waals surface area contributed by atoms with E-state index >= 15 is 0 Å². The van der Waals surface area contributed by atoms with Gasteiger partial charge in [0, 0.05) is 26.2 Å². The number of hydrogen-bond donors (Lipinski definition) is 0. The van der Waals surface area contributed by atoms with Crippen LogP contribution in [0.25, 0.3) is 0 Å². The lowest BCUT2D eigenvalue weighted by atomic mass is 10.5. The van der Waals surface area contributed by atoms with Gasteiger partial charge in [0.05, 0.1) is 13.2 Å². The molecule has 0 spiro atoms. The van der Waals surface area contributed by atoms with Crippen molar-refractivity contribution in [3.05, 3.63) is 0 Å². The van der Waals surface area contributed by atoms with Gasteiger partial charge in [-0.2, -0.15) is 17.0 Å². The largest absolute Gasteiger partial charge is 0.379 e. The minimum Gasteiger partial charge on any atom is -0.379 e. The van der Waals surface area contributed by atoms with Gasteiger partial charge in [0.25, 0.3) is 10.2 Å². The fraction of sp³-hybridized carbons (Fsp3) is 1.00. The summed E-state index contributed by atoms with van der Waals surface area (Å²) in [4.78, 5) is 0. The van der Waals surface area contributed by atoms with E-state index in [9.17, 15) is 8.42 Å². The van der Waals surface area contributed by atoms with Crippen molar-refractivity contribution in [2.75, 3.05) is 39.4 Å². The number of morpholine rings is 1. The van der Waals surface area contributed by atoms with Gasteiger partial charge in [0.1, 0.15) is 0 Å². The van der Waals surface area contributed by atoms with Crippen LogP contribution in [0, 0.1) is 0 Å². The second-order valence-corrected chi connectivity index (χ2v) is 4.85. The molecule has 2 aliphatic rings. The minimum atomic E-state index is -3.10. The van der Waals surface area contributed by atoms with E-state index in [1.807, 2.05) is 0 Å². The molecule has 0 aromatic carbocycles. The average Bonchev–Trinajstić information content (AvgIpc) is 2.88. The van der Waals surface area contributed by atoms with E-state index in [-0.39, 0.29) is 0 Å². The van der Waals surface area contributed by atoms with Crippen molar-refractivity contribution in [1.82, 2.24) is 8.61 Å². The number of nitrogens with zero attached hydrogens (tertiary/aromatic N) is 2. The zero-order chi connectivity index (χ0) is 8.60. The van der Waals surface area contributed by atoms with Crippen LogP contribution >= 0.6 is 0 Å².